The zero-order chi connectivity index (χ0) is 15.2. The smallest absolute Gasteiger partial charge is 0.122 e. The average molecular weight is 306 g/mol. The molecule has 112 valence electrons. The second-order valence-corrected chi connectivity index (χ2v) is 5.37. The normalized spacial score (nSPS) is 12.0. The maximum Gasteiger partial charge on any atom is 0.122 e. The number of rotatable bonds is 6. The standard InChI is InChI=1S/C17H20ClNO2/c1-20-16-6-4-3-5-12(16)10-15(19)11-13-9-14(18)7-8-17(13)21-2/h3-9,15H,10-11,19H2,1-2H3. The maximum absolute atomic E-state index is 6.28. The van der Waals surface area contributed by atoms with E-state index in [9.17, 15) is 0 Å². The molecule has 0 amide bonds. The van der Waals surface area contributed by atoms with Crippen LogP contribution in [-0.4, -0.2) is 20.3 Å². The molecule has 0 aromatic heterocycles. The molecular formula is C17H20ClNO2. The Kier molecular flexibility index (Phi) is 5.48. The van der Waals surface area contributed by atoms with E-state index in [-0.39, 0.29) is 6.04 Å². The van der Waals surface area contributed by atoms with Gasteiger partial charge in [-0.15, -0.1) is 0 Å². The van der Waals surface area contributed by atoms with E-state index in [1.165, 1.54) is 0 Å². The molecule has 0 spiro atoms. The highest BCUT2D eigenvalue weighted by molar-refractivity contribution is 6.30. The SMILES string of the molecule is COc1ccccc1CC(N)Cc1cc(Cl)ccc1OC. The second-order valence-electron chi connectivity index (χ2n) is 4.94. The molecule has 1 unspecified atom stereocenters. The molecule has 2 N–H and O–H groups in total. The first-order valence-corrected chi connectivity index (χ1v) is 7.21. The first kappa shape index (κ1) is 15.7. The summed E-state index contributed by atoms with van der Waals surface area (Å²) in [6.45, 7) is 0. The van der Waals surface area contributed by atoms with Gasteiger partial charge in [-0.1, -0.05) is 29.8 Å². The highest BCUT2D eigenvalue weighted by atomic mass is 35.5. The van der Waals surface area contributed by atoms with Gasteiger partial charge in [0.05, 0.1) is 14.2 Å². The Labute approximate surface area is 130 Å². The molecule has 0 bridgehead atoms. The van der Waals surface area contributed by atoms with Gasteiger partial charge in [-0.25, -0.2) is 0 Å². The lowest BCUT2D eigenvalue weighted by Gasteiger charge is -2.16. The van der Waals surface area contributed by atoms with Crippen LogP contribution in [-0.2, 0) is 12.8 Å². The number of hydrogen-bond donors (Lipinski definition) is 1. The molecule has 4 heteroatoms. The Morgan fingerprint density at radius 1 is 0.952 bits per heavy atom. The first-order valence-electron chi connectivity index (χ1n) is 6.84. The monoisotopic (exact) mass is 305 g/mol. The number of methoxy groups -OCH3 is 2. The third kappa shape index (κ3) is 4.13. The van der Waals surface area contributed by atoms with Gasteiger partial charge in [0, 0.05) is 11.1 Å². The van der Waals surface area contributed by atoms with Crippen molar-refractivity contribution in [3.8, 4) is 11.5 Å². The van der Waals surface area contributed by atoms with Gasteiger partial charge in [-0.05, 0) is 48.2 Å². The quantitative estimate of drug-likeness (QED) is 0.889. The fraction of sp³-hybridized carbons (Fsp3) is 0.294. The third-order valence-electron chi connectivity index (χ3n) is 3.40. The van der Waals surface area contributed by atoms with Crippen molar-refractivity contribution in [1.29, 1.82) is 0 Å². The van der Waals surface area contributed by atoms with Crippen LogP contribution >= 0.6 is 11.6 Å². The molecule has 21 heavy (non-hydrogen) atoms. The van der Waals surface area contributed by atoms with Gasteiger partial charge in [0.25, 0.3) is 0 Å². The zero-order valence-electron chi connectivity index (χ0n) is 12.3. The molecule has 2 aromatic carbocycles. The van der Waals surface area contributed by atoms with Crippen LogP contribution in [0.5, 0.6) is 11.5 Å². The van der Waals surface area contributed by atoms with Crippen LogP contribution < -0.4 is 15.2 Å². The number of nitrogens with two attached hydrogens (primary N) is 1. The lowest BCUT2D eigenvalue weighted by Crippen LogP contribution is -2.26. The molecule has 0 heterocycles. The number of halogens is 1. The van der Waals surface area contributed by atoms with E-state index in [1.807, 2.05) is 42.5 Å². The highest BCUT2D eigenvalue weighted by Gasteiger charge is 2.12. The summed E-state index contributed by atoms with van der Waals surface area (Å²) < 4.78 is 10.7. The van der Waals surface area contributed by atoms with Crippen molar-refractivity contribution in [3.05, 3.63) is 58.6 Å². The summed E-state index contributed by atoms with van der Waals surface area (Å²) in [6, 6.07) is 13.5. The summed E-state index contributed by atoms with van der Waals surface area (Å²) in [5.41, 5.74) is 8.41. The van der Waals surface area contributed by atoms with Crippen LogP contribution in [0, 0.1) is 0 Å². The number of benzene rings is 2. The summed E-state index contributed by atoms with van der Waals surface area (Å²) >= 11 is 6.05. The summed E-state index contributed by atoms with van der Waals surface area (Å²) in [6.07, 6.45) is 1.43. The van der Waals surface area contributed by atoms with Crippen molar-refractivity contribution in [2.45, 2.75) is 18.9 Å². The lowest BCUT2D eigenvalue weighted by atomic mass is 9.98. The van der Waals surface area contributed by atoms with E-state index in [1.54, 1.807) is 14.2 Å². The van der Waals surface area contributed by atoms with E-state index < -0.39 is 0 Å². The number of hydrogen-bond acceptors (Lipinski definition) is 3. The van der Waals surface area contributed by atoms with Crippen LogP contribution in [0.4, 0.5) is 0 Å². The minimum absolute atomic E-state index is 0.0336. The van der Waals surface area contributed by atoms with Gasteiger partial charge in [0.15, 0.2) is 0 Å². The minimum atomic E-state index is -0.0336. The molecule has 0 saturated carbocycles. The molecule has 0 fully saturated rings. The second kappa shape index (κ2) is 7.34. The van der Waals surface area contributed by atoms with Gasteiger partial charge < -0.3 is 15.2 Å². The Morgan fingerprint density at radius 3 is 2.29 bits per heavy atom. The Morgan fingerprint density at radius 2 is 1.57 bits per heavy atom. The Hall–Kier alpha value is -1.71. The van der Waals surface area contributed by atoms with E-state index in [4.69, 9.17) is 26.8 Å². The molecule has 0 aliphatic rings. The largest absolute Gasteiger partial charge is 0.496 e. The number of ether oxygens (including phenoxy) is 2. The zero-order valence-corrected chi connectivity index (χ0v) is 13.1. The van der Waals surface area contributed by atoms with Crippen LogP contribution in [0.15, 0.2) is 42.5 Å². The Balaban J connectivity index is 2.11. The Bertz CT molecular complexity index is 601. The predicted octanol–water partition coefficient (Wildman–Crippen LogP) is 3.47. The lowest BCUT2D eigenvalue weighted by molar-refractivity contribution is 0.404. The van der Waals surface area contributed by atoms with Crippen LogP contribution in [0.1, 0.15) is 11.1 Å². The van der Waals surface area contributed by atoms with Crippen molar-refractivity contribution in [1.82, 2.24) is 0 Å². The maximum atomic E-state index is 6.28. The molecule has 3 nitrogen and oxygen atoms in total. The van der Waals surface area contributed by atoms with Crippen molar-refractivity contribution in [3.63, 3.8) is 0 Å². The van der Waals surface area contributed by atoms with Crippen LogP contribution in [0.2, 0.25) is 5.02 Å². The minimum Gasteiger partial charge on any atom is -0.496 e. The van der Waals surface area contributed by atoms with Gasteiger partial charge >= 0.3 is 0 Å². The predicted molar refractivity (Wildman–Crippen MR) is 86.4 cm³/mol. The van der Waals surface area contributed by atoms with E-state index in [0.29, 0.717) is 11.4 Å². The summed E-state index contributed by atoms with van der Waals surface area (Å²) in [4.78, 5) is 0. The topological polar surface area (TPSA) is 44.5 Å². The third-order valence-corrected chi connectivity index (χ3v) is 3.63. The molecule has 0 aliphatic heterocycles. The van der Waals surface area contributed by atoms with Crippen LogP contribution in [0.25, 0.3) is 0 Å². The molecule has 2 rings (SSSR count). The fourth-order valence-electron chi connectivity index (χ4n) is 2.42. The van der Waals surface area contributed by atoms with Gasteiger partial charge in [0.2, 0.25) is 0 Å². The molecule has 0 saturated heterocycles. The number of para-hydroxylation sites is 1. The summed E-state index contributed by atoms with van der Waals surface area (Å²) in [5, 5.41) is 0.690. The summed E-state index contributed by atoms with van der Waals surface area (Å²) in [5.74, 6) is 1.68. The molecular weight excluding hydrogens is 286 g/mol. The molecule has 1 atom stereocenters. The van der Waals surface area contributed by atoms with Crippen molar-refractivity contribution in [2.75, 3.05) is 14.2 Å². The molecule has 0 aliphatic carbocycles. The molecule has 0 radical (unpaired) electrons. The van der Waals surface area contributed by atoms with Crippen LogP contribution in [0.3, 0.4) is 0 Å². The van der Waals surface area contributed by atoms with Crippen molar-refractivity contribution in [2.24, 2.45) is 5.73 Å². The van der Waals surface area contributed by atoms with Gasteiger partial charge in [-0.3, -0.25) is 0 Å². The first-order chi connectivity index (χ1) is 10.1. The molecule has 2 aromatic rings. The van der Waals surface area contributed by atoms with Gasteiger partial charge in [0.1, 0.15) is 11.5 Å². The fourth-order valence-corrected chi connectivity index (χ4v) is 2.61. The van der Waals surface area contributed by atoms with Crippen molar-refractivity contribution < 1.29 is 9.47 Å². The van der Waals surface area contributed by atoms with E-state index in [0.717, 1.165) is 29.0 Å². The van der Waals surface area contributed by atoms with Gasteiger partial charge in [-0.2, -0.15) is 0 Å². The van der Waals surface area contributed by atoms with E-state index >= 15 is 0 Å². The van der Waals surface area contributed by atoms with Crippen molar-refractivity contribution >= 4 is 11.6 Å². The van der Waals surface area contributed by atoms with E-state index in [2.05, 4.69) is 0 Å². The average Bonchev–Trinajstić information content (AvgIpc) is 2.48. The summed E-state index contributed by atoms with van der Waals surface area (Å²) in [7, 11) is 3.32. The highest BCUT2D eigenvalue weighted by Crippen LogP contribution is 2.25.